The molecule has 0 aromatic heterocycles. The average molecular weight is 333 g/mol. The number of carbonyl (C=O) groups is 1. The van der Waals surface area contributed by atoms with E-state index in [1.807, 2.05) is 0 Å². The van der Waals surface area contributed by atoms with E-state index >= 15 is 0 Å². The molecular formula is C13H14F3N3O2S. The number of thioether (sulfide) groups is 1. The van der Waals surface area contributed by atoms with E-state index in [4.69, 9.17) is 4.74 Å². The Morgan fingerprint density at radius 3 is 2.73 bits per heavy atom. The highest BCUT2D eigenvalue weighted by atomic mass is 32.2. The van der Waals surface area contributed by atoms with Gasteiger partial charge in [0.25, 0.3) is 0 Å². The van der Waals surface area contributed by atoms with Crippen molar-refractivity contribution in [2.45, 2.75) is 6.18 Å². The summed E-state index contributed by atoms with van der Waals surface area (Å²) in [7, 11) is 2.99. The number of ether oxygens (including phenoxy) is 1. The minimum absolute atomic E-state index is 0.0733. The summed E-state index contributed by atoms with van der Waals surface area (Å²) in [6, 6.07) is 2.56. The summed E-state index contributed by atoms with van der Waals surface area (Å²) in [4.78, 5) is 17.4. The Balaban J connectivity index is 2.30. The van der Waals surface area contributed by atoms with Crippen LogP contribution in [0.5, 0.6) is 5.75 Å². The van der Waals surface area contributed by atoms with E-state index in [1.54, 1.807) is 11.9 Å². The summed E-state index contributed by atoms with van der Waals surface area (Å²) in [5.41, 5.74) is -1.41. The second-order valence-electron chi connectivity index (χ2n) is 4.48. The van der Waals surface area contributed by atoms with Crippen LogP contribution in [0.4, 0.5) is 23.7 Å². The molecule has 1 fully saturated rings. The molecule has 0 atom stereocenters. The van der Waals surface area contributed by atoms with E-state index in [2.05, 4.69) is 10.3 Å². The van der Waals surface area contributed by atoms with Crippen LogP contribution in [0.1, 0.15) is 5.56 Å². The quantitative estimate of drug-likeness (QED) is 0.902. The largest absolute Gasteiger partial charge is 0.495 e. The van der Waals surface area contributed by atoms with Crippen LogP contribution in [0.25, 0.3) is 0 Å². The predicted molar refractivity (Wildman–Crippen MR) is 79.5 cm³/mol. The van der Waals surface area contributed by atoms with Gasteiger partial charge in [-0.25, -0.2) is 4.79 Å². The van der Waals surface area contributed by atoms with Gasteiger partial charge in [0.05, 0.1) is 18.4 Å². The van der Waals surface area contributed by atoms with Crippen LogP contribution in [0, 0.1) is 0 Å². The lowest BCUT2D eigenvalue weighted by Crippen LogP contribution is -2.21. The molecule has 0 saturated carbocycles. The zero-order chi connectivity index (χ0) is 16.3. The zero-order valence-electron chi connectivity index (χ0n) is 11.9. The minimum Gasteiger partial charge on any atom is -0.495 e. The number of halogens is 3. The van der Waals surface area contributed by atoms with Crippen molar-refractivity contribution >= 4 is 28.6 Å². The van der Waals surface area contributed by atoms with E-state index in [-0.39, 0.29) is 5.75 Å². The molecule has 1 aromatic rings. The Morgan fingerprint density at radius 2 is 2.18 bits per heavy atom. The maximum Gasteiger partial charge on any atom is 0.418 e. The molecule has 0 spiro atoms. The molecule has 0 unspecified atom stereocenters. The third-order valence-corrected chi connectivity index (χ3v) is 4.01. The van der Waals surface area contributed by atoms with Crippen molar-refractivity contribution in [3.63, 3.8) is 0 Å². The number of methoxy groups -OCH3 is 1. The maximum atomic E-state index is 13.0. The summed E-state index contributed by atoms with van der Waals surface area (Å²) in [5.74, 6) is 0.709. The third kappa shape index (κ3) is 3.65. The number of amidine groups is 1. The number of carbonyl (C=O) groups excluding carboxylic acids is 1. The third-order valence-electron chi connectivity index (χ3n) is 2.97. The second kappa shape index (κ2) is 6.47. The second-order valence-corrected chi connectivity index (χ2v) is 5.54. The van der Waals surface area contributed by atoms with Crippen molar-refractivity contribution < 1.29 is 22.7 Å². The molecule has 0 radical (unpaired) electrons. The Bertz CT molecular complexity index is 605. The lowest BCUT2D eigenvalue weighted by Gasteiger charge is -2.16. The number of hydrogen-bond donors (Lipinski definition) is 1. The molecule has 1 saturated heterocycles. The molecular weight excluding hydrogens is 319 g/mol. The van der Waals surface area contributed by atoms with Crippen LogP contribution in [0.2, 0.25) is 0 Å². The number of aliphatic imine (C=N–C) groups is 1. The first-order valence-electron chi connectivity index (χ1n) is 6.30. The van der Waals surface area contributed by atoms with Crippen molar-refractivity contribution in [1.82, 2.24) is 4.90 Å². The zero-order valence-corrected chi connectivity index (χ0v) is 12.7. The molecule has 2 amide bonds. The van der Waals surface area contributed by atoms with Crippen LogP contribution in [0.3, 0.4) is 0 Å². The summed E-state index contributed by atoms with van der Waals surface area (Å²) in [6.45, 7) is 0.735. The van der Waals surface area contributed by atoms with E-state index in [0.717, 1.165) is 18.4 Å². The Labute approximate surface area is 129 Å². The molecule has 1 N–H and O–H groups in total. The highest BCUT2D eigenvalue weighted by Gasteiger charge is 2.35. The van der Waals surface area contributed by atoms with Crippen LogP contribution < -0.4 is 10.1 Å². The first-order chi connectivity index (χ1) is 10.3. The first-order valence-corrected chi connectivity index (χ1v) is 7.29. The van der Waals surface area contributed by atoms with Gasteiger partial charge in [-0.3, -0.25) is 0 Å². The number of amides is 2. The Morgan fingerprint density at radius 1 is 1.45 bits per heavy atom. The molecule has 2 rings (SSSR count). The van der Waals surface area contributed by atoms with Crippen LogP contribution in [-0.4, -0.2) is 42.6 Å². The fourth-order valence-corrected chi connectivity index (χ4v) is 2.89. The van der Waals surface area contributed by atoms with Crippen molar-refractivity contribution in [3.05, 3.63) is 23.8 Å². The Hall–Kier alpha value is -1.90. The van der Waals surface area contributed by atoms with Crippen LogP contribution in [-0.2, 0) is 6.18 Å². The highest BCUT2D eigenvalue weighted by molar-refractivity contribution is 8.14. The summed E-state index contributed by atoms with van der Waals surface area (Å²) >= 11 is 1.37. The van der Waals surface area contributed by atoms with Gasteiger partial charge in [-0.05, 0) is 12.1 Å². The van der Waals surface area contributed by atoms with Crippen molar-refractivity contribution in [2.75, 3.05) is 31.8 Å². The maximum absolute atomic E-state index is 13.0. The van der Waals surface area contributed by atoms with Gasteiger partial charge in [0.15, 0.2) is 5.17 Å². The average Bonchev–Trinajstić information content (AvgIpc) is 2.83. The molecule has 1 heterocycles. The molecule has 22 heavy (non-hydrogen) atoms. The fraction of sp³-hybridized carbons (Fsp3) is 0.385. The van der Waals surface area contributed by atoms with Crippen molar-refractivity contribution in [3.8, 4) is 5.75 Å². The molecule has 120 valence electrons. The van der Waals surface area contributed by atoms with Crippen molar-refractivity contribution in [2.24, 2.45) is 4.99 Å². The molecule has 1 aliphatic rings. The van der Waals surface area contributed by atoms with E-state index in [9.17, 15) is 18.0 Å². The number of rotatable bonds is 2. The van der Waals surface area contributed by atoms with Gasteiger partial charge in [-0.15, -0.1) is 0 Å². The minimum atomic E-state index is -4.61. The number of anilines is 1. The Kier molecular flexibility index (Phi) is 4.84. The number of para-hydroxylation sites is 1. The fourth-order valence-electron chi connectivity index (χ4n) is 1.89. The van der Waals surface area contributed by atoms with E-state index in [0.29, 0.717) is 5.17 Å². The number of benzene rings is 1. The predicted octanol–water partition coefficient (Wildman–Crippen LogP) is 3.28. The molecule has 1 aliphatic heterocycles. The summed E-state index contributed by atoms with van der Waals surface area (Å²) in [6.07, 6.45) is -4.61. The number of alkyl halides is 3. The van der Waals surface area contributed by atoms with Gasteiger partial charge in [0.1, 0.15) is 5.75 Å². The van der Waals surface area contributed by atoms with Gasteiger partial charge in [-0.2, -0.15) is 18.2 Å². The summed E-state index contributed by atoms with van der Waals surface area (Å²) in [5, 5.41) is 2.65. The topological polar surface area (TPSA) is 53.9 Å². The normalized spacial score (nSPS) is 17.0. The molecule has 9 heteroatoms. The molecule has 1 aromatic carbocycles. The highest BCUT2D eigenvalue weighted by Crippen LogP contribution is 2.39. The SMILES string of the molecule is COc1cccc(C(F)(F)F)c1NC(=O)N=C1SCCN1C. The van der Waals surface area contributed by atoms with Gasteiger partial charge >= 0.3 is 12.2 Å². The monoisotopic (exact) mass is 333 g/mol. The first kappa shape index (κ1) is 16.5. The smallest absolute Gasteiger partial charge is 0.418 e. The number of urea groups is 1. The van der Waals surface area contributed by atoms with Crippen molar-refractivity contribution in [1.29, 1.82) is 0 Å². The van der Waals surface area contributed by atoms with E-state index < -0.39 is 23.5 Å². The van der Waals surface area contributed by atoms with Gasteiger partial charge in [-0.1, -0.05) is 17.8 Å². The lowest BCUT2D eigenvalue weighted by atomic mass is 10.1. The summed E-state index contributed by atoms with van der Waals surface area (Å²) < 4.78 is 44.0. The van der Waals surface area contributed by atoms with Gasteiger partial charge in [0.2, 0.25) is 0 Å². The standard InChI is InChI=1S/C13H14F3N3O2S/c1-19-6-7-22-12(19)18-11(20)17-10-8(13(14,15)16)4-3-5-9(10)21-2/h3-5H,6-7H2,1-2H3,(H,17,20). The number of hydrogen-bond acceptors (Lipinski definition) is 3. The molecule has 0 bridgehead atoms. The number of nitrogens with zero attached hydrogens (tertiary/aromatic N) is 2. The molecule has 0 aliphatic carbocycles. The van der Waals surface area contributed by atoms with Gasteiger partial charge < -0.3 is 15.0 Å². The van der Waals surface area contributed by atoms with Gasteiger partial charge in [0, 0.05) is 19.3 Å². The van der Waals surface area contributed by atoms with Crippen LogP contribution in [0.15, 0.2) is 23.2 Å². The van der Waals surface area contributed by atoms with E-state index in [1.165, 1.54) is 31.0 Å². The van der Waals surface area contributed by atoms with Crippen LogP contribution >= 0.6 is 11.8 Å². The number of nitrogens with one attached hydrogen (secondary N) is 1. The molecule has 5 nitrogen and oxygen atoms in total. The lowest BCUT2D eigenvalue weighted by molar-refractivity contribution is -0.137.